The SMILES string of the molecule is CCCOc1cc(C(=O)NCc2ccc(O)cc2)ccc1OC. The van der Waals surface area contributed by atoms with Crippen molar-refractivity contribution >= 4 is 5.91 Å². The van der Waals surface area contributed by atoms with Crippen molar-refractivity contribution in [2.24, 2.45) is 0 Å². The predicted octanol–water partition coefficient (Wildman–Crippen LogP) is 3.12. The zero-order valence-electron chi connectivity index (χ0n) is 13.3. The highest BCUT2D eigenvalue weighted by atomic mass is 16.5. The van der Waals surface area contributed by atoms with Gasteiger partial charge in [-0.2, -0.15) is 0 Å². The summed E-state index contributed by atoms with van der Waals surface area (Å²) >= 11 is 0. The van der Waals surface area contributed by atoms with Gasteiger partial charge in [0.2, 0.25) is 0 Å². The van der Waals surface area contributed by atoms with E-state index in [1.165, 1.54) is 0 Å². The van der Waals surface area contributed by atoms with E-state index in [-0.39, 0.29) is 11.7 Å². The maximum Gasteiger partial charge on any atom is 0.251 e. The fourth-order valence-corrected chi connectivity index (χ4v) is 2.04. The minimum Gasteiger partial charge on any atom is -0.508 e. The van der Waals surface area contributed by atoms with Crippen LogP contribution in [0.5, 0.6) is 17.2 Å². The van der Waals surface area contributed by atoms with Crippen LogP contribution >= 0.6 is 0 Å². The first-order valence-corrected chi connectivity index (χ1v) is 7.51. The second-order valence-electron chi connectivity index (χ2n) is 5.06. The third kappa shape index (κ3) is 4.64. The minimum absolute atomic E-state index is 0.193. The molecule has 1 amide bonds. The highest BCUT2D eigenvalue weighted by molar-refractivity contribution is 5.94. The van der Waals surface area contributed by atoms with Gasteiger partial charge in [-0.3, -0.25) is 4.79 Å². The van der Waals surface area contributed by atoms with Gasteiger partial charge in [-0.1, -0.05) is 19.1 Å². The summed E-state index contributed by atoms with van der Waals surface area (Å²) in [5.41, 5.74) is 1.42. The number of ether oxygens (including phenoxy) is 2. The van der Waals surface area contributed by atoms with Crippen molar-refractivity contribution in [2.75, 3.05) is 13.7 Å². The fourth-order valence-electron chi connectivity index (χ4n) is 2.04. The molecule has 0 spiro atoms. The van der Waals surface area contributed by atoms with Crippen molar-refractivity contribution in [3.05, 3.63) is 53.6 Å². The Kier molecular flexibility index (Phi) is 5.86. The molecule has 0 heterocycles. The van der Waals surface area contributed by atoms with Crippen LogP contribution in [-0.4, -0.2) is 24.7 Å². The number of rotatable bonds is 7. The van der Waals surface area contributed by atoms with E-state index in [1.54, 1.807) is 49.6 Å². The van der Waals surface area contributed by atoms with Gasteiger partial charge in [0.15, 0.2) is 11.5 Å². The summed E-state index contributed by atoms with van der Waals surface area (Å²) in [6.45, 7) is 2.96. The number of hydrogen-bond acceptors (Lipinski definition) is 4. The van der Waals surface area contributed by atoms with E-state index in [9.17, 15) is 9.90 Å². The maximum atomic E-state index is 12.3. The number of nitrogens with one attached hydrogen (secondary N) is 1. The largest absolute Gasteiger partial charge is 0.508 e. The van der Waals surface area contributed by atoms with Gasteiger partial charge in [0, 0.05) is 12.1 Å². The molecule has 0 unspecified atom stereocenters. The Labute approximate surface area is 135 Å². The van der Waals surface area contributed by atoms with E-state index in [4.69, 9.17) is 9.47 Å². The first kappa shape index (κ1) is 16.7. The van der Waals surface area contributed by atoms with Crippen molar-refractivity contribution in [2.45, 2.75) is 19.9 Å². The van der Waals surface area contributed by atoms with Gasteiger partial charge in [0.1, 0.15) is 5.75 Å². The predicted molar refractivity (Wildman–Crippen MR) is 88.1 cm³/mol. The van der Waals surface area contributed by atoms with E-state index in [0.717, 1.165) is 12.0 Å². The second kappa shape index (κ2) is 8.08. The molecule has 5 nitrogen and oxygen atoms in total. The molecular weight excluding hydrogens is 294 g/mol. The normalized spacial score (nSPS) is 10.2. The van der Waals surface area contributed by atoms with Crippen LogP contribution in [0.25, 0.3) is 0 Å². The van der Waals surface area contributed by atoms with Crippen molar-refractivity contribution in [3.8, 4) is 17.2 Å². The fraction of sp³-hybridized carbons (Fsp3) is 0.278. The standard InChI is InChI=1S/C18H21NO4/c1-3-10-23-17-11-14(6-9-16(17)22-2)18(21)19-12-13-4-7-15(20)8-5-13/h4-9,11,20H,3,10,12H2,1-2H3,(H,19,21). The van der Waals surface area contributed by atoms with Crippen molar-refractivity contribution < 1.29 is 19.4 Å². The molecule has 0 aliphatic rings. The number of methoxy groups -OCH3 is 1. The molecule has 0 atom stereocenters. The third-order valence-electron chi connectivity index (χ3n) is 3.28. The summed E-state index contributed by atoms with van der Waals surface area (Å²) in [6, 6.07) is 11.8. The van der Waals surface area contributed by atoms with Crippen molar-refractivity contribution in [3.63, 3.8) is 0 Å². The summed E-state index contributed by atoms with van der Waals surface area (Å²) in [4.78, 5) is 12.3. The molecule has 0 aliphatic heterocycles. The summed E-state index contributed by atoms with van der Waals surface area (Å²) in [7, 11) is 1.57. The smallest absolute Gasteiger partial charge is 0.251 e. The van der Waals surface area contributed by atoms with Crippen LogP contribution in [0.3, 0.4) is 0 Å². The van der Waals surface area contributed by atoms with Gasteiger partial charge in [-0.15, -0.1) is 0 Å². The van der Waals surface area contributed by atoms with Gasteiger partial charge >= 0.3 is 0 Å². The zero-order chi connectivity index (χ0) is 16.7. The quantitative estimate of drug-likeness (QED) is 0.824. The molecule has 23 heavy (non-hydrogen) atoms. The average molecular weight is 315 g/mol. The van der Waals surface area contributed by atoms with E-state index in [2.05, 4.69) is 5.32 Å². The van der Waals surface area contributed by atoms with Gasteiger partial charge in [0.25, 0.3) is 5.91 Å². The molecule has 0 fully saturated rings. The average Bonchev–Trinajstić information content (AvgIpc) is 2.58. The molecule has 0 saturated carbocycles. The van der Waals surface area contributed by atoms with Crippen LogP contribution in [0.2, 0.25) is 0 Å². The van der Waals surface area contributed by atoms with Crippen LogP contribution in [-0.2, 0) is 6.54 Å². The summed E-state index contributed by atoms with van der Waals surface area (Å²) in [5.74, 6) is 1.18. The maximum absolute atomic E-state index is 12.3. The van der Waals surface area contributed by atoms with Crippen LogP contribution in [0, 0.1) is 0 Å². The number of benzene rings is 2. The third-order valence-corrected chi connectivity index (χ3v) is 3.28. The van der Waals surface area contributed by atoms with Crippen LogP contribution in [0.4, 0.5) is 0 Å². The first-order chi connectivity index (χ1) is 11.1. The van der Waals surface area contributed by atoms with Gasteiger partial charge in [-0.05, 0) is 42.3 Å². The molecule has 2 aromatic carbocycles. The Hall–Kier alpha value is -2.69. The lowest BCUT2D eigenvalue weighted by atomic mass is 10.1. The summed E-state index contributed by atoms with van der Waals surface area (Å²) < 4.78 is 10.8. The lowest BCUT2D eigenvalue weighted by Crippen LogP contribution is -2.22. The Morgan fingerprint density at radius 2 is 1.87 bits per heavy atom. The van der Waals surface area contributed by atoms with E-state index in [1.807, 2.05) is 6.92 Å². The zero-order valence-corrected chi connectivity index (χ0v) is 13.3. The van der Waals surface area contributed by atoms with Crippen LogP contribution in [0.15, 0.2) is 42.5 Å². The monoisotopic (exact) mass is 315 g/mol. The molecule has 122 valence electrons. The van der Waals surface area contributed by atoms with Gasteiger partial charge < -0.3 is 19.9 Å². The summed E-state index contributed by atoms with van der Waals surface area (Å²) in [6.07, 6.45) is 0.875. The van der Waals surface area contributed by atoms with Crippen LogP contribution in [0.1, 0.15) is 29.3 Å². The van der Waals surface area contributed by atoms with Gasteiger partial charge in [0.05, 0.1) is 13.7 Å². The number of amides is 1. The Morgan fingerprint density at radius 3 is 2.52 bits per heavy atom. The second-order valence-corrected chi connectivity index (χ2v) is 5.06. The van der Waals surface area contributed by atoms with E-state index >= 15 is 0 Å². The molecule has 5 heteroatoms. The molecule has 2 aromatic rings. The van der Waals surface area contributed by atoms with Crippen molar-refractivity contribution in [1.82, 2.24) is 5.32 Å². The van der Waals surface area contributed by atoms with E-state index in [0.29, 0.717) is 30.2 Å². The van der Waals surface area contributed by atoms with Gasteiger partial charge in [-0.25, -0.2) is 0 Å². The number of carbonyl (C=O) groups is 1. The number of phenolic OH excluding ortho intramolecular Hbond substituents is 1. The van der Waals surface area contributed by atoms with Crippen LogP contribution < -0.4 is 14.8 Å². The highest BCUT2D eigenvalue weighted by Crippen LogP contribution is 2.28. The molecule has 0 aromatic heterocycles. The van der Waals surface area contributed by atoms with Crippen molar-refractivity contribution in [1.29, 1.82) is 0 Å². The van der Waals surface area contributed by atoms with E-state index < -0.39 is 0 Å². The number of aromatic hydroxyl groups is 1. The molecule has 0 saturated heterocycles. The molecule has 0 aliphatic carbocycles. The Balaban J connectivity index is 2.04. The number of hydrogen-bond donors (Lipinski definition) is 2. The highest BCUT2D eigenvalue weighted by Gasteiger charge is 2.11. The molecule has 0 radical (unpaired) electrons. The minimum atomic E-state index is -0.193. The topological polar surface area (TPSA) is 67.8 Å². The molecule has 2 rings (SSSR count). The number of carbonyl (C=O) groups excluding carboxylic acids is 1. The number of phenols is 1. The molecule has 2 N–H and O–H groups in total. The first-order valence-electron chi connectivity index (χ1n) is 7.51. The lowest BCUT2D eigenvalue weighted by molar-refractivity contribution is 0.0950. The lowest BCUT2D eigenvalue weighted by Gasteiger charge is -2.12. The Bertz CT molecular complexity index is 653. The summed E-state index contributed by atoms with van der Waals surface area (Å²) in [5, 5.41) is 12.1. The Morgan fingerprint density at radius 1 is 1.13 bits per heavy atom. The molecule has 0 bridgehead atoms. The molecular formula is C18H21NO4.